The molecule has 1 radical (unpaired) electrons. The summed E-state index contributed by atoms with van der Waals surface area (Å²) < 4.78 is 0. The Kier molecular flexibility index (Phi) is 1.57. The molecule has 61 valence electrons. The monoisotopic (exact) mass is 157 g/mol. The molecule has 0 aromatic heterocycles. The van der Waals surface area contributed by atoms with Crippen molar-refractivity contribution in [3.63, 3.8) is 0 Å². The van der Waals surface area contributed by atoms with Crippen LogP contribution in [0.2, 0.25) is 0 Å². The summed E-state index contributed by atoms with van der Waals surface area (Å²) in [5.74, 6) is 0.595. The van der Waals surface area contributed by atoms with E-state index in [-0.39, 0.29) is 0 Å². The first-order valence-electron chi connectivity index (χ1n) is 4.40. The van der Waals surface area contributed by atoms with Crippen LogP contribution in [0.5, 0.6) is 0 Å². The number of benzene rings is 1. The van der Waals surface area contributed by atoms with Crippen LogP contribution < -0.4 is 0 Å². The minimum atomic E-state index is 0.595. The maximum atomic E-state index is 3.30. The fourth-order valence-electron chi connectivity index (χ4n) is 1.89. The van der Waals surface area contributed by atoms with Gasteiger partial charge in [0.1, 0.15) is 0 Å². The average molecular weight is 157 g/mol. The van der Waals surface area contributed by atoms with E-state index >= 15 is 0 Å². The number of fused-ring (bicyclic) bond motifs is 1. The van der Waals surface area contributed by atoms with E-state index in [9.17, 15) is 0 Å². The zero-order valence-electron chi connectivity index (χ0n) is 7.81. The molecule has 0 nitrogen and oxygen atoms in total. The highest BCUT2D eigenvalue weighted by Gasteiger charge is 2.21. The maximum absolute atomic E-state index is 3.30. The van der Waals surface area contributed by atoms with Gasteiger partial charge in [-0.3, -0.25) is 0 Å². The van der Waals surface area contributed by atoms with Crippen LogP contribution in [-0.4, -0.2) is 0 Å². The Labute approximate surface area is 73.9 Å². The van der Waals surface area contributed by atoms with Crippen LogP contribution in [0.15, 0.2) is 23.8 Å². The molecule has 0 heterocycles. The number of hydrogen-bond donors (Lipinski definition) is 0. The normalized spacial score (nSPS) is 21.4. The van der Waals surface area contributed by atoms with Crippen LogP contribution in [0.25, 0.3) is 5.57 Å². The van der Waals surface area contributed by atoms with Gasteiger partial charge in [0, 0.05) is 5.92 Å². The zero-order chi connectivity index (χ0) is 8.72. The van der Waals surface area contributed by atoms with E-state index in [0.717, 1.165) is 0 Å². The summed E-state index contributed by atoms with van der Waals surface area (Å²) in [6, 6.07) is 9.57. The predicted molar refractivity (Wildman–Crippen MR) is 52.0 cm³/mol. The molecule has 1 aromatic carbocycles. The molecule has 12 heavy (non-hydrogen) atoms. The Morgan fingerprint density at radius 1 is 1.33 bits per heavy atom. The standard InChI is InChI=1S/C12H13/c1-8-9(2)11-6-4-5-7-12(11)10(8)3/h4-6,9H,1-3H3. The zero-order valence-corrected chi connectivity index (χ0v) is 7.81. The molecule has 1 aromatic rings. The molecular weight excluding hydrogens is 144 g/mol. The fourth-order valence-corrected chi connectivity index (χ4v) is 1.89. The molecule has 1 atom stereocenters. The van der Waals surface area contributed by atoms with E-state index in [0.29, 0.717) is 5.92 Å². The smallest absolute Gasteiger partial charge is 0.00292 e. The van der Waals surface area contributed by atoms with Crippen LogP contribution in [0.3, 0.4) is 0 Å². The minimum Gasteiger partial charge on any atom is -0.0625 e. The van der Waals surface area contributed by atoms with Gasteiger partial charge in [0.2, 0.25) is 0 Å². The Morgan fingerprint density at radius 3 is 2.75 bits per heavy atom. The Bertz CT molecular complexity index is 345. The molecule has 0 bridgehead atoms. The first-order valence-corrected chi connectivity index (χ1v) is 4.40. The summed E-state index contributed by atoms with van der Waals surface area (Å²) in [5.41, 5.74) is 5.67. The third kappa shape index (κ3) is 0.842. The Morgan fingerprint density at radius 2 is 2.08 bits per heavy atom. The highest BCUT2D eigenvalue weighted by atomic mass is 14.3. The van der Waals surface area contributed by atoms with Crippen LogP contribution in [0.4, 0.5) is 0 Å². The largest absolute Gasteiger partial charge is 0.0625 e. The third-order valence-electron chi connectivity index (χ3n) is 2.97. The lowest BCUT2D eigenvalue weighted by atomic mass is 9.99. The molecule has 0 heteroatoms. The third-order valence-corrected chi connectivity index (χ3v) is 2.97. The quantitative estimate of drug-likeness (QED) is 0.541. The van der Waals surface area contributed by atoms with Crippen LogP contribution in [0.1, 0.15) is 37.8 Å². The molecular formula is C12H13. The molecule has 2 rings (SSSR count). The van der Waals surface area contributed by atoms with Gasteiger partial charge in [-0.15, -0.1) is 0 Å². The van der Waals surface area contributed by atoms with Crippen LogP contribution in [-0.2, 0) is 0 Å². The van der Waals surface area contributed by atoms with Gasteiger partial charge in [-0.25, -0.2) is 0 Å². The van der Waals surface area contributed by atoms with Crippen molar-refractivity contribution < 1.29 is 0 Å². The molecule has 1 aliphatic rings. The van der Waals surface area contributed by atoms with Crippen LogP contribution >= 0.6 is 0 Å². The molecule has 0 saturated carbocycles. The van der Waals surface area contributed by atoms with E-state index in [1.807, 2.05) is 6.07 Å². The van der Waals surface area contributed by atoms with E-state index < -0.39 is 0 Å². The fraction of sp³-hybridized carbons (Fsp3) is 0.333. The van der Waals surface area contributed by atoms with Crippen molar-refractivity contribution in [1.29, 1.82) is 0 Å². The van der Waals surface area contributed by atoms with Crippen molar-refractivity contribution in [2.45, 2.75) is 26.7 Å². The van der Waals surface area contributed by atoms with Gasteiger partial charge in [0.25, 0.3) is 0 Å². The van der Waals surface area contributed by atoms with Crippen molar-refractivity contribution in [3.8, 4) is 0 Å². The van der Waals surface area contributed by atoms with E-state index in [4.69, 9.17) is 0 Å². The molecule has 0 saturated heterocycles. The molecule has 1 aliphatic carbocycles. The molecule has 0 fully saturated rings. The van der Waals surface area contributed by atoms with Gasteiger partial charge in [0.05, 0.1) is 0 Å². The summed E-state index contributed by atoms with van der Waals surface area (Å²) in [6.45, 7) is 6.67. The van der Waals surface area contributed by atoms with Gasteiger partial charge in [-0.2, -0.15) is 0 Å². The molecule has 0 aliphatic heterocycles. The van der Waals surface area contributed by atoms with Crippen molar-refractivity contribution in [2.24, 2.45) is 0 Å². The van der Waals surface area contributed by atoms with Gasteiger partial charge in [-0.05, 0) is 36.6 Å². The second-order valence-corrected chi connectivity index (χ2v) is 3.53. The van der Waals surface area contributed by atoms with Crippen molar-refractivity contribution >= 4 is 5.57 Å². The summed E-state index contributed by atoms with van der Waals surface area (Å²) >= 11 is 0. The number of rotatable bonds is 0. The Hall–Kier alpha value is -1.04. The van der Waals surface area contributed by atoms with E-state index in [1.54, 1.807) is 0 Å². The van der Waals surface area contributed by atoms with Crippen molar-refractivity contribution in [2.75, 3.05) is 0 Å². The van der Waals surface area contributed by atoms with Crippen molar-refractivity contribution in [1.82, 2.24) is 0 Å². The minimum absolute atomic E-state index is 0.595. The highest BCUT2D eigenvalue weighted by molar-refractivity contribution is 5.75. The predicted octanol–water partition coefficient (Wildman–Crippen LogP) is 3.40. The molecule has 0 N–H and O–H groups in total. The SMILES string of the molecule is CC1=C(C)C(C)c2ccc[c]c21. The lowest BCUT2D eigenvalue weighted by molar-refractivity contribution is 0.919. The maximum Gasteiger partial charge on any atom is 0.00292 e. The summed E-state index contributed by atoms with van der Waals surface area (Å²) in [5, 5.41) is 0. The van der Waals surface area contributed by atoms with Gasteiger partial charge >= 0.3 is 0 Å². The number of allylic oxidation sites excluding steroid dienone is 2. The van der Waals surface area contributed by atoms with Gasteiger partial charge < -0.3 is 0 Å². The summed E-state index contributed by atoms with van der Waals surface area (Å²) in [7, 11) is 0. The molecule has 1 unspecified atom stereocenters. The number of hydrogen-bond acceptors (Lipinski definition) is 0. The average Bonchev–Trinajstić information content (AvgIpc) is 2.33. The summed E-state index contributed by atoms with van der Waals surface area (Å²) in [4.78, 5) is 0. The van der Waals surface area contributed by atoms with E-state index in [2.05, 4.69) is 39.0 Å². The van der Waals surface area contributed by atoms with Crippen LogP contribution in [0, 0.1) is 6.07 Å². The molecule has 0 amide bonds. The first kappa shape index (κ1) is 7.60. The second-order valence-electron chi connectivity index (χ2n) is 3.53. The highest BCUT2D eigenvalue weighted by Crippen LogP contribution is 2.40. The van der Waals surface area contributed by atoms with Gasteiger partial charge in [-0.1, -0.05) is 30.7 Å². The van der Waals surface area contributed by atoms with Crippen molar-refractivity contribution in [3.05, 3.63) is 41.0 Å². The topological polar surface area (TPSA) is 0 Å². The Balaban J connectivity index is 2.65. The lowest BCUT2D eigenvalue weighted by Crippen LogP contribution is -1.88. The van der Waals surface area contributed by atoms with Gasteiger partial charge in [0.15, 0.2) is 0 Å². The molecule has 0 spiro atoms. The lowest BCUT2D eigenvalue weighted by Gasteiger charge is -2.05. The van der Waals surface area contributed by atoms with E-state index in [1.165, 1.54) is 22.3 Å². The second kappa shape index (κ2) is 2.48. The summed E-state index contributed by atoms with van der Waals surface area (Å²) in [6.07, 6.45) is 0. The first-order chi connectivity index (χ1) is 5.72.